The van der Waals surface area contributed by atoms with Crippen molar-refractivity contribution in [2.45, 2.75) is 46.6 Å². The number of benzene rings is 1. The molecular formula is C24H32N4O2. The number of amides is 1. The van der Waals surface area contributed by atoms with E-state index in [1.54, 1.807) is 0 Å². The Balaban J connectivity index is 1.72. The Labute approximate surface area is 178 Å². The molecule has 0 spiro atoms. The standard InChI is InChI=1S/C24H32N4O2/c1-17(2)13-14-25-21(29)16-30-19-11-9-18(10-12-19)22-23(27-24(3,4)5)28-15-7-6-8-20(28)26-22/h6-12,15,17,27H,13-14,16H2,1-5H3,(H,25,29). The van der Waals surface area contributed by atoms with Gasteiger partial charge in [-0.2, -0.15) is 0 Å². The van der Waals surface area contributed by atoms with Gasteiger partial charge in [0.15, 0.2) is 6.61 Å². The predicted molar refractivity (Wildman–Crippen MR) is 122 cm³/mol. The molecule has 0 unspecified atom stereocenters. The number of carbonyl (C=O) groups excluding carboxylic acids is 1. The van der Waals surface area contributed by atoms with Gasteiger partial charge in [-0.1, -0.05) is 19.9 Å². The van der Waals surface area contributed by atoms with Crippen molar-refractivity contribution in [2.75, 3.05) is 18.5 Å². The number of aromatic nitrogens is 2. The van der Waals surface area contributed by atoms with Crippen LogP contribution in [0.3, 0.4) is 0 Å². The zero-order chi connectivity index (χ0) is 21.7. The molecule has 30 heavy (non-hydrogen) atoms. The van der Waals surface area contributed by atoms with Gasteiger partial charge in [0.05, 0.1) is 0 Å². The maximum absolute atomic E-state index is 11.9. The minimum atomic E-state index is -0.105. The number of carbonyl (C=O) groups is 1. The van der Waals surface area contributed by atoms with E-state index in [0.29, 0.717) is 18.2 Å². The molecule has 160 valence electrons. The highest BCUT2D eigenvalue weighted by molar-refractivity contribution is 5.78. The van der Waals surface area contributed by atoms with Gasteiger partial charge in [-0.3, -0.25) is 9.20 Å². The van der Waals surface area contributed by atoms with Crippen molar-refractivity contribution in [3.8, 4) is 17.0 Å². The molecule has 0 saturated carbocycles. The van der Waals surface area contributed by atoms with Gasteiger partial charge in [0.1, 0.15) is 22.9 Å². The maximum Gasteiger partial charge on any atom is 0.257 e. The molecule has 0 radical (unpaired) electrons. The minimum absolute atomic E-state index is 0.0165. The van der Waals surface area contributed by atoms with Crippen LogP contribution in [0.1, 0.15) is 41.0 Å². The molecule has 0 aliphatic rings. The van der Waals surface area contributed by atoms with E-state index in [-0.39, 0.29) is 18.1 Å². The van der Waals surface area contributed by atoms with Crippen molar-refractivity contribution in [3.63, 3.8) is 0 Å². The molecule has 0 atom stereocenters. The fourth-order valence-electron chi connectivity index (χ4n) is 3.08. The van der Waals surface area contributed by atoms with E-state index in [0.717, 1.165) is 29.1 Å². The van der Waals surface area contributed by atoms with E-state index in [4.69, 9.17) is 9.72 Å². The molecule has 3 rings (SSSR count). The van der Waals surface area contributed by atoms with Crippen LogP contribution in [0.5, 0.6) is 5.75 Å². The molecule has 0 aliphatic carbocycles. The molecule has 2 aromatic heterocycles. The van der Waals surface area contributed by atoms with Crippen LogP contribution in [0, 0.1) is 5.92 Å². The molecule has 6 nitrogen and oxygen atoms in total. The number of pyridine rings is 1. The molecule has 6 heteroatoms. The number of nitrogens with zero attached hydrogens (tertiary/aromatic N) is 2. The summed E-state index contributed by atoms with van der Waals surface area (Å²) in [5, 5.41) is 6.45. The summed E-state index contributed by atoms with van der Waals surface area (Å²) in [5.74, 6) is 2.08. The van der Waals surface area contributed by atoms with E-state index >= 15 is 0 Å². The molecule has 2 heterocycles. The van der Waals surface area contributed by atoms with Gasteiger partial charge in [0.2, 0.25) is 0 Å². The molecular weight excluding hydrogens is 376 g/mol. The van der Waals surface area contributed by atoms with Gasteiger partial charge < -0.3 is 15.4 Å². The van der Waals surface area contributed by atoms with Gasteiger partial charge >= 0.3 is 0 Å². The lowest BCUT2D eigenvalue weighted by Crippen LogP contribution is -2.30. The van der Waals surface area contributed by atoms with E-state index in [9.17, 15) is 4.79 Å². The van der Waals surface area contributed by atoms with E-state index < -0.39 is 0 Å². The number of hydrogen-bond donors (Lipinski definition) is 2. The van der Waals surface area contributed by atoms with E-state index in [2.05, 4.69) is 49.7 Å². The summed E-state index contributed by atoms with van der Waals surface area (Å²) >= 11 is 0. The first kappa shape index (κ1) is 21.7. The topological polar surface area (TPSA) is 67.7 Å². The lowest BCUT2D eigenvalue weighted by molar-refractivity contribution is -0.123. The number of ether oxygens (including phenoxy) is 1. The first-order chi connectivity index (χ1) is 14.2. The zero-order valence-electron chi connectivity index (χ0n) is 18.5. The fourth-order valence-corrected chi connectivity index (χ4v) is 3.08. The van der Waals surface area contributed by atoms with Gasteiger partial charge in [0, 0.05) is 23.8 Å². The molecule has 0 fully saturated rings. The van der Waals surface area contributed by atoms with Crippen molar-refractivity contribution in [1.29, 1.82) is 0 Å². The Hall–Kier alpha value is -3.02. The smallest absolute Gasteiger partial charge is 0.257 e. The highest BCUT2D eigenvalue weighted by Gasteiger charge is 2.19. The van der Waals surface area contributed by atoms with Crippen LogP contribution in [0.15, 0.2) is 48.7 Å². The number of fused-ring (bicyclic) bond motifs is 1. The van der Waals surface area contributed by atoms with Crippen molar-refractivity contribution >= 4 is 17.4 Å². The van der Waals surface area contributed by atoms with Crippen LogP contribution in [0.4, 0.5) is 5.82 Å². The van der Waals surface area contributed by atoms with Gasteiger partial charge in [-0.05, 0) is 69.5 Å². The second-order valence-corrected chi connectivity index (χ2v) is 8.96. The normalized spacial score (nSPS) is 11.7. The monoisotopic (exact) mass is 408 g/mol. The second-order valence-electron chi connectivity index (χ2n) is 8.96. The summed E-state index contributed by atoms with van der Waals surface area (Å²) in [7, 11) is 0. The Bertz CT molecular complexity index is 985. The first-order valence-electron chi connectivity index (χ1n) is 10.5. The van der Waals surface area contributed by atoms with Crippen LogP contribution >= 0.6 is 0 Å². The largest absolute Gasteiger partial charge is 0.484 e. The molecule has 0 saturated heterocycles. The highest BCUT2D eigenvalue weighted by atomic mass is 16.5. The summed E-state index contributed by atoms with van der Waals surface area (Å²) < 4.78 is 7.69. The van der Waals surface area contributed by atoms with Gasteiger partial charge in [-0.15, -0.1) is 0 Å². The van der Waals surface area contributed by atoms with Crippen LogP contribution in [-0.4, -0.2) is 34.0 Å². The minimum Gasteiger partial charge on any atom is -0.484 e. The third kappa shape index (κ3) is 5.75. The number of anilines is 1. The number of imidazole rings is 1. The fraction of sp³-hybridized carbons (Fsp3) is 0.417. The van der Waals surface area contributed by atoms with Crippen molar-refractivity contribution in [3.05, 3.63) is 48.7 Å². The van der Waals surface area contributed by atoms with Crippen LogP contribution < -0.4 is 15.4 Å². The van der Waals surface area contributed by atoms with E-state index in [1.807, 2.05) is 48.7 Å². The van der Waals surface area contributed by atoms with Crippen molar-refractivity contribution in [2.24, 2.45) is 5.92 Å². The van der Waals surface area contributed by atoms with Gasteiger partial charge in [0.25, 0.3) is 5.91 Å². The number of rotatable bonds is 8. The lowest BCUT2D eigenvalue weighted by Gasteiger charge is -2.22. The van der Waals surface area contributed by atoms with Crippen LogP contribution in [0.2, 0.25) is 0 Å². The quantitative estimate of drug-likeness (QED) is 0.564. The zero-order valence-corrected chi connectivity index (χ0v) is 18.5. The molecule has 0 bridgehead atoms. The maximum atomic E-state index is 11.9. The lowest BCUT2D eigenvalue weighted by atomic mass is 10.1. The summed E-state index contributed by atoms with van der Waals surface area (Å²) in [6.45, 7) is 11.3. The third-order valence-corrected chi connectivity index (χ3v) is 4.56. The molecule has 0 aliphatic heterocycles. The molecule has 1 aromatic carbocycles. The molecule has 2 N–H and O–H groups in total. The van der Waals surface area contributed by atoms with E-state index in [1.165, 1.54) is 0 Å². The Morgan fingerprint density at radius 2 is 1.87 bits per heavy atom. The first-order valence-corrected chi connectivity index (χ1v) is 10.5. The highest BCUT2D eigenvalue weighted by Crippen LogP contribution is 2.31. The summed E-state index contributed by atoms with van der Waals surface area (Å²) in [4.78, 5) is 16.7. The van der Waals surface area contributed by atoms with Crippen molar-refractivity contribution < 1.29 is 9.53 Å². The average Bonchev–Trinajstić information content (AvgIpc) is 3.03. The van der Waals surface area contributed by atoms with Gasteiger partial charge in [-0.25, -0.2) is 4.98 Å². The summed E-state index contributed by atoms with van der Waals surface area (Å²) in [6, 6.07) is 13.7. The predicted octanol–water partition coefficient (Wildman–Crippen LogP) is 4.75. The Morgan fingerprint density at radius 1 is 1.13 bits per heavy atom. The summed E-state index contributed by atoms with van der Waals surface area (Å²) in [5.41, 5.74) is 2.65. The second kappa shape index (κ2) is 9.20. The summed E-state index contributed by atoms with van der Waals surface area (Å²) in [6.07, 6.45) is 2.97. The Kier molecular flexibility index (Phi) is 6.65. The van der Waals surface area contributed by atoms with Crippen molar-refractivity contribution in [1.82, 2.24) is 14.7 Å². The Morgan fingerprint density at radius 3 is 2.53 bits per heavy atom. The number of hydrogen-bond acceptors (Lipinski definition) is 4. The molecule has 1 amide bonds. The van der Waals surface area contributed by atoms with Crippen LogP contribution in [-0.2, 0) is 4.79 Å². The number of nitrogens with one attached hydrogen (secondary N) is 2. The molecule has 3 aromatic rings. The SMILES string of the molecule is CC(C)CCNC(=O)COc1ccc(-c2nc3ccccn3c2NC(C)(C)C)cc1. The third-order valence-electron chi connectivity index (χ3n) is 4.56. The van der Waals surface area contributed by atoms with Crippen LogP contribution in [0.25, 0.3) is 16.9 Å². The average molecular weight is 409 g/mol.